The average molecular weight is 292 g/mol. The number of halogens is 3. The van der Waals surface area contributed by atoms with Gasteiger partial charge in [0, 0.05) is 0 Å². The third kappa shape index (κ3) is 2.73. The lowest BCUT2D eigenvalue weighted by Crippen LogP contribution is -2.00. The minimum Gasteiger partial charge on any atom is -0.206 e. The van der Waals surface area contributed by atoms with Crippen LogP contribution < -0.4 is 0 Å². The van der Waals surface area contributed by atoms with Crippen LogP contribution in [0.4, 0.5) is 4.39 Å². The van der Waals surface area contributed by atoms with Crippen LogP contribution in [0.15, 0.2) is 22.7 Å². The number of hydrogen-bond acceptors (Lipinski definition) is 0. The number of rotatable bonds is 3. The molecule has 1 aliphatic rings. The molecule has 0 aromatic heterocycles. The predicted molar refractivity (Wildman–Crippen MR) is 64.7 cm³/mol. The highest BCUT2D eigenvalue weighted by Crippen LogP contribution is 2.52. The molecule has 0 bridgehead atoms. The van der Waals surface area contributed by atoms with Crippen LogP contribution in [0.5, 0.6) is 0 Å². The zero-order valence-electron chi connectivity index (χ0n) is 8.56. The van der Waals surface area contributed by atoms with E-state index in [1.165, 1.54) is 18.9 Å². The number of alkyl halides is 1. The molecule has 1 aliphatic carbocycles. The fourth-order valence-corrected chi connectivity index (χ4v) is 2.58. The van der Waals surface area contributed by atoms with Crippen LogP contribution in [0.3, 0.4) is 0 Å². The maximum atomic E-state index is 13.0. The fraction of sp³-hybridized carbons (Fsp3) is 0.500. The summed E-state index contributed by atoms with van der Waals surface area (Å²) >= 11 is 9.49. The highest BCUT2D eigenvalue weighted by Gasteiger charge is 2.39. The minimum atomic E-state index is -0.236. The molecule has 0 N–H and O–H groups in total. The van der Waals surface area contributed by atoms with Gasteiger partial charge in [-0.2, -0.15) is 0 Å². The standard InChI is InChI=1S/C12H13BrClF/c1-12(4-5-12)7-10(14)8-2-3-11(15)9(13)6-8/h2-3,6,10H,4-5,7H2,1H3. The summed E-state index contributed by atoms with van der Waals surface area (Å²) in [5.74, 6) is -0.236. The lowest BCUT2D eigenvalue weighted by molar-refractivity contribution is 0.508. The summed E-state index contributed by atoms with van der Waals surface area (Å²) in [6.45, 7) is 2.25. The van der Waals surface area contributed by atoms with Crippen molar-refractivity contribution in [3.63, 3.8) is 0 Å². The van der Waals surface area contributed by atoms with Crippen molar-refractivity contribution >= 4 is 27.5 Å². The molecule has 3 heteroatoms. The van der Waals surface area contributed by atoms with Gasteiger partial charge in [-0.15, -0.1) is 11.6 Å². The lowest BCUT2D eigenvalue weighted by Gasteiger charge is -2.14. The quantitative estimate of drug-likeness (QED) is 0.683. The predicted octanol–water partition coefficient (Wildman–Crippen LogP) is 5.06. The van der Waals surface area contributed by atoms with Crippen LogP contribution in [0, 0.1) is 11.2 Å². The van der Waals surface area contributed by atoms with Gasteiger partial charge in [0.1, 0.15) is 5.82 Å². The fourth-order valence-electron chi connectivity index (χ4n) is 1.68. The van der Waals surface area contributed by atoms with E-state index < -0.39 is 0 Å². The summed E-state index contributed by atoms with van der Waals surface area (Å²) in [4.78, 5) is 0. The van der Waals surface area contributed by atoms with Crippen molar-refractivity contribution in [3.8, 4) is 0 Å². The second kappa shape index (κ2) is 4.06. The van der Waals surface area contributed by atoms with Crippen LogP contribution >= 0.6 is 27.5 Å². The zero-order valence-corrected chi connectivity index (χ0v) is 10.9. The van der Waals surface area contributed by atoms with Gasteiger partial charge in [0.15, 0.2) is 0 Å². The molecule has 1 unspecified atom stereocenters. The highest BCUT2D eigenvalue weighted by molar-refractivity contribution is 9.10. The van der Waals surface area contributed by atoms with E-state index in [0.29, 0.717) is 9.89 Å². The van der Waals surface area contributed by atoms with Crippen LogP contribution in [-0.4, -0.2) is 0 Å². The van der Waals surface area contributed by atoms with Gasteiger partial charge < -0.3 is 0 Å². The van der Waals surface area contributed by atoms with Gasteiger partial charge in [-0.05, 0) is 58.3 Å². The molecule has 0 heterocycles. The van der Waals surface area contributed by atoms with Gasteiger partial charge in [-0.1, -0.05) is 13.0 Å². The highest BCUT2D eigenvalue weighted by atomic mass is 79.9. The Bertz CT molecular complexity index is 374. The molecular formula is C12H13BrClF. The Balaban J connectivity index is 2.11. The van der Waals surface area contributed by atoms with E-state index in [0.717, 1.165) is 12.0 Å². The summed E-state index contributed by atoms with van der Waals surface area (Å²) in [5.41, 5.74) is 1.42. The van der Waals surface area contributed by atoms with Gasteiger partial charge in [0.05, 0.1) is 9.85 Å². The molecule has 0 saturated heterocycles. The van der Waals surface area contributed by atoms with Crippen molar-refractivity contribution in [2.24, 2.45) is 5.41 Å². The molecular weight excluding hydrogens is 278 g/mol. The summed E-state index contributed by atoms with van der Waals surface area (Å²) in [6, 6.07) is 5.01. The van der Waals surface area contributed by atoms with E-state index in [1.54, 1.807) is 12.1 Å². The molecule has 0 amide bonds. The van der Waals surface area contributed by atoms with Gasteiger partial charge in [0.25, 0.3) is 0 Å². The molecule has 0 spiro atoms. The Morgan fingerprint density at radius 2 is 2.20 bits per heavy atom. The van der Waals surface area contributed by atoms with E-state index in [2.05, 4.69) is 22.9 Å². The second-order valence-electron chi connectivity index (χ2n) is 4.66. The van der Waals surface area contributed by atoms with E-state index >= 15 is 0 Å². The summed E-state index contributed by atoms with van der Waals surface area (Å²) in [6.07, 6.45) is 3.50. The van der Waals surface area contributed by atoms with Crippen LogP contribution in [0.1, 0.15) is 37.1 Å². The average Bonchev–Trinajstić information content (AvgIpc) is 2.88. The molecule has 0 nitrogen and oxygen atoms in total. The molecule has 1 saturated carbocycles. The van der Waals surface area contributed by atoms with Crippen molar-refractivity contribution < 1.29 is 4.39 Å². The van der Waals surface area contributed by atoms with E-state index in [-0.39, 0.29) is 11.2 Å². The van der Waals surface area contributed by atoms with E-state index in [1.807, 2.05) is 0 Å². The summed E-state index contributed by atoms with van der Waals surface area (Å²) in [5, 5.41) is -0.00519. The topological polar surface area (TPSA) is 0 Å². The third-order valence-corrected chi connectivity index (χ3v) is 4.09. The molecule has 1 atom stereocenters. The maximum Gasteiger partial charge on any atom is 0.137 e. The number of hydrogen-bond donors (Lipinski definition) is 0. The Hall–Kier alpha value is -0.0800. The molecule has 1 aromatic rings. The Morgan fingerprint density at radius 3 is 2.73 bits per heavy atom. The summed E-state index contributed by atoms with van der Waals surface area (Å²) < 4.78 is 13.5. The molecule has 1 fully saturated rings. The van der Waals surface area contributed by atoms with E-state index in [4.69, 9.17) is 11.6 Å². The van der Waals surface area contributed by atoms with Gasteiger partial charge in [0.2, 0.25) is 0 Å². The first kappa shape index (κ1) is 11.4. The first-order valence-corrected chi connectivity index (χ1v) is 6.32. The van der Waals surface area contributed by atoms with E-state index in [9.17, 15) is 4.39 Å². The smallest absolute Gasteiger partial charge is 0.137 e. The van der Waals surface area contributed by atoms with Gasteiger partial charge in [-0.3, -0.25) is 0 Å². The Labute approximate surface area is 103 Å². The first-order valence-electron chi connectivity index (χ1n) is 5.09. The minimum absolute atomic E-state index is 0.00519. The molecule has 2 rings (SSSR count). The third-order valence-electron chi connectivity index (χ3n) is 3.08. The van der Waals surface area contributed by atoms with Crippen molar-refractivity contribution in [1.29, 1.82) is 0 Å². The van der Waals surface area contributed by atoms with Crippen molar-refractivity contribution in [3.05, 3.63) is 34.1 Å². The Morgan fingerprint density at radius 1 is 1.53 bits per heavy atom. The van der Waals surface area contributed by atoms with Crippen LogP contribution in [0.25, 0.3) is 0 Å². The zero-order chi connectivity index (χ0) is 11.1. The van der Waals surface area contributed by atoms with Gasteiger partial charge >= 0.3 is 0 Å². The second-order valence-corrected chi connectivity index (χ2v) is 6.04. The van der Waals surface area contributed by atoms with Gasteiger partial charge in [-0.25, -0.2) is 4.39 Å². The molecule has 82 valence electrons. The van der Waals surface area contributed by atoms with Crippen LogP contribution in [-0.2, 0) is 0 Å². The van der Waals surface area contributed by atoms with Crippen molar-refractivity contribution in [2.45, 2.75) is 31.6 Å². The van der Waals surface area contributed by atoms with Crippen molar-refractivity contribution in [1.82, 2.24) is 0 Å². The van der Waals surface area contributed by atoms with Crippen LogP contribution in [0.2, 0.25) is 0 Å². The number of benzene rings is 1. The normalized spacial score (nSPS) is 20.0. The lowest BCUT2D eigenvalue weighted by atomic mass is 9.98. The summed E-state index contributed by atoms with van der Waals surface area (Å²) in [7, 11) is 0. The first-order chi connectivity index (χ1) is 7.00. The largest absolute Gasteiger partial charge is 0.206 e. The Kier molecular flexibility index (Phi) is 3.09. The SMILES string of the molecule is CC1(CC(Cl)c2ccc(F)c(Br)c2)CC1. The molecule has 0 aliphatic heterocycles. The molecule has 15 heavy (non-hydrogen) atoms. The van der Waals surface area contributed by atoms with Crippen molar-refractivity contribution in [2.75, 3.05) is 0 Å². The molecule has 1 aromatic carbocycles. The maximum absolute atomic E-state index is 13.0. The molecule has 0 radical (unpaired) electrons. The monoisotopic (exact) mass is 290 g/mol.